The summed E-state index contributed by atoms with van der Waals surface area (Å²) in [6.45, 7) is 4.89. The van der Waals surface area contributed by atoms with Crippen LogP contribution in [0.25, 0.3) is 0 Å². The van der Waals surface area contributed by atoms with Crippen molar-refractivity contribution in [3.05, 3.63) is 35.9 Å². The lowest BCUT2D eigenvalue weighted by Gasteiger charge is -2.07. The van der Waals surface area contributed by atoms with E-state index in [1.807, 2.05) is 30.3 Å². The SMILES string of the molecule is CC(C)C(N)C(=O)O.CC(O)C(N)C(=O)O.NC(Cc1ccccc1)C(=O)O. The van der Waals surface area contributed by atoms with Crippen LogP contribution in [0.2, 0.25) is 0 Å². The van der Waals surface area contributed by atoms with E-state index in [9.17, 15) is 14.4 Å². The van der Waals surface area contributed by atoms with Gasteiger partial charge in [0.1, 0.15) is 18.1 Å². The van der Waals surface area contributed by atoms with Crippen molar-refractivity contribution >= 4 is 17.9 Å². The maximum absolute atomic E-state index is 10.4. The third-order valence-electron chi connectivity index (χ3n) is 3.42. The van der Waals surface area contributed by atoms with Crippen LogP contribution in [-0.4, -0.2) is 62.6 Å². The number of aliphatic hydroxyl groups is 1. The summed E-state index contributed by atoms with van der Waals surface area (Å²) in [4.78, 5) is 30.3. The highest BCUT2D eigenvalue weighted by Crippen LogP contribution is 2.01. The molecule has 0 aliphatic heterocycles. The van der Waals surface area contributed by atoms with E-state index in [0.29, 0.717) is 6.42 Å². The molecule has 4 atom stereocenters. The lowest BCUT2D eigenvalue weighted by atomic mass is 10.1. The van der Waals surface area contributed by atoms with E-state index in [0.717, 1.165) is 5.56 Å². The van der Waals surface area contributed by atoms with Gasteiger partial charge >= 0.3 is 17.9 Å². The Labute approximate surface area is 164 Å². The predicted molar refractivity (Wildman–Crippen MR) is 103 cm³/mol. The van der Waals surface area contributed by atoms with Crippen LogP contribution in [0.4, 0.5) is 0 Å². The second-order valence-electron chi connectivity index (χ2n) is 6.35. The zero-order chi connectivity index (χ0) is 22.4. The highest BCUT2D eigenvalue weighted by Gasteiger charge is 2.16. The van der Waals surface area contributed by atoms with Crippen LogP contribution in [0.3, 0.4) is 0 Å². The third kappa shape index (κ3) is 13.6. The van der Waals surface area contributed by atoms with E-state index in [2.05, 4.69) is 0 Å². The minimum Gasteiger partial charge on any atom is -0.480 e. The molecule has 0 heterocycles. The molecule has 0 bridgehead atoms. The van der Waals surface area contributed by atoms with Crippen LogP contribution >= 0.6 is 0 Å². The minimum atomic E-state index is -1.18. The van der Waals surface area contributed by atoms with Gasteiger partial charge in [-0.2, -0.15) is 0 Å². The fourth-order valence-corrected chi connectivity index (χ4v) is 1.45. The van der Waals surface area contributed by atoms with Crippen molar-refractivity contribution in [3.63, 3.8) is 0 Å². The molecule has 0 saturated heterocycles. The van der Waals surface area contributed by atoms with Crippen molar-refractivity contribution < 1.29 is 34.8 Å². The highest BCUT2D eigenvalue weighted by molar-refractivity contribution is 5.74. The van der Waals surface area contributed by atoms with Crippen molar-refractivity contribution in [3.8, 4) is 0 Å². The first kappa shape index (κ1) is 27.7. The first-order chi connectivity index (χ1) is 12.8. The molecule has 1 aromatic rings. The summed E-state index contributed by atoms with van der Waals surface area (Å²) in [5.74, 6) is -3.05. The molecule has 0 aliphatic carbocycles. The van der Waals surface area contributed by atoms with E-state index in [4.69, 9.17) is 37.6 Å². The number of carboxylic acids is 3. The van der Waals surface area contributed by atoms with Gasteiger partial charge in [0, 0.05) is 0 Å². The van der Waals surface area contributed by atoms with Gasteiger partial charge in [-0.1, -0.05) is 44.2 Å². The maximum Gasteiger partial charge on any atom is 0.323 e. The smallest absolute Gasteiger partial charge is 0.323 e. The molecule has 10 nitrogen and oxygen atoms in total. The first-order valence-corrected chi connectivity index (χ1v) is 8.48. The maximum atomic E-state index is 10.4. The number of aliphatic carboxylic acids is 3. The molecular weight excluding hydrogens is 370 g/mol. The molecule has 10 heteroatoms. The van der Waals surface area contributed by atoms with Crippen LogP contribution in [-0.2, 0) is 20.8 Å². The van der Waals surface area contributed by atoms with Crippen LogP contribution in [0, 0.1) is 5.92 Å². The molecule has 0 aromatic heterocycles. The topological polar surface area (TPSA) is 210 Å². The molecule has 0 saturated carbocycles. The van der Waals surface area contributed by atoms with E-state index < -0.39 is 42.1 Å². The lowest BCUT2D eigenvalue weighted by molar-refractivity contribution is -0.141. The standard InChI is InChI=1S/C9H11NO2.C5H11NO2.C4H9NO3/c10-8(9(11)12)6-7-4-2-1-3-5-7;1-3(2)4(6)5(7)8;1-2(6)3(5)4(7)8/h1-5,8H,6,10H2,(H,11,12);3-4H,6H2,1-2H3,(H,7,8);2-3,6H,5H2,1H3,(H,7,8). The van der Waals surface area contributed by atoms with E-state index in [1.54, 1.807) is 13.8 Å². The molecule has 0 fully saturated rings. The molecule has 0 spiro atoms. The number of hydrogen-bond donors (Lipinski definition) is 7. The molecule has 28 heavy (non-hydrogen) atoms. The summed E-state index contributed by atoms with van der Waals surface area (Å²) in [5.41, 5.74) is 16.4. The van der Waals surface area contributed by atoms with Crippen LogP contribution < -0.4 is 17.2 Å². The molecule has 4 unspecified atom stereocenters. The second-order valence-corrected chi connectivity index (χ2v) is 6.35. The molecule has 1 rings (SSSR count). The zero-order valence-electron chi connectivity index (χ0n) is 16.2. The number of carboxylic acid groups (broad SMARTS) is 3. The number of carbonyl (C=O) groups is 3. The quantitative estimate of drug-likeness (QED) is 0.310. The summed E-state index contributed by atoms with van der Waals surface area (Å²) in [5, 5.41) is 33.3. The number of hydrogen-bond acceptors (Lipinski definition) is 7. The number of benzene rings is 1. The Balaban J connectivity index is 0. The lowest BCUT2D eigenvalue weighted by Crippen LogP contribution is -2.39. The Morgan fingerprint density at radius 1 is 0.821 bits per heavy atom. The van der Waals surface area contributed by atoms with Crippen molar-refractivity contribution in [2.24, 2.45) is 23.1 Å². The van der Waals surface area contributed by atoms with Crippen LogP contribution in [0.15, 0.2) is 30.3 Å². The average Bonchev–Trinajstić information content (AvgIpc) is 2.61. The molecule has 0 amide bonds. The Bertz CT molecular complexity index is 570. The molecule has 1 aromatic carbocycles. The summed E-state index contributed by atoms with van der Waals surface area (Å²) in [6.07, 6.45) is -0.594. The first-order valence-electron chi connectivity index (χ1n) is 8.48. The predicted octanol–water partition coefficient (Wildman–Crippen LogP) is -0.526. The number of nitrogens with two attached hydrogens (primary N) is 3. The highest BCUT2D eigenvalue weighted by atomic mass is 16.4. The van der Waals surface area contributed by atoms with Crippen LogP contribution in [0.5, 0.6) is 0 Å². The van der Waals surface area contributed by atoms with Crippen LogP contribution in [0.1, 0.15) is 26.3 Å². The van der Waals surface area contributed by atoms with Gasteiger partial charge in [-0.25, -0.2) is 0 Å². The van der Waals surface area contributed by atoms with Crippen molar-refractivity contribution in [1.82, 2.24) is 0 Å². The monoisotopic (exact) mass is 401 g/mol. The van der Waals surface area contributed by atoms with E-state index in [-0.39, 0.29) is 5.92 Å². The molecule has 10 N–H and O–H groups in total. The minimum absolute atomic E-state index is 0.0208. The largest absolute Gasteiger partial charge is 0.480 e. The fourth-order valence-electron chi connectivity index (χ4n) is 1.45. The Kier molecular flexibility index (Phi) is 14.4. The summed E-state index contributed by atoms with van der Waals surface area (Å²) < 4.78 is 0. The van der Waals surface area contributed by atoms with Gasteiger partial charge in [-0.05, 0) is 24.8 Å². The number of rotatable bonds is 7. The Morgan fingerprint density at radius 2 is 1.25 bits per heavy atom. The van der Waals surface area contributed by atoms with Crippen molar-refractivity contribution in [2.45, 2.75) is 51.4 Å². The van der Waals surface area contributed by atoms with Gasteiger partial charge < -0.3 is 37.6 Å². The Hall–Kier alpha value is -2.53. The molecule has 0 radical (unpaired) electrons. The Morgan fingerprint density at radius 3 is 1.46 bits per heavy atom. The third-order valence-corrected chi connectivity index (χ3v) is 3.42. The van der Waals surface area contributed by atoms with Crippen molar-refractivity contribution in [1.29, 1.82) is 0 Å². The van der Waals surface area contributed by atoms with E-state index in [1.165, 1.54) is 6.92 Å². The normalized spacial score (nSPS) is 14.3. The van der Waals surface area contributed by atoms with Gasteiger partial charge in [-0.3, -0.25) is 14.4 Å². The van der Waals surface area contributed by atoms with Gasteiger partial charge in [0.25, 0.3) is 0 Å². The second kappa shape index (κ2) is 14.5. The van der Waals surface area contributed by atoms with Gasteiger partial charge in [0.15, 0.2) is 0 Å². The summed E-state index contributed by atoms with van der Waals surface area (Å²) in [6, 6.07) is 6.67. The van der Waals surface area contributed by atoms with Gasteiger partial charge in [0.2, 0.25) is 0 Å². The molecule has 160 valence electrons. The summed E-state index contributed by atoms with van der Waals surface area (Å²) >= 11 is 0. The van der Waals surface area contributed by atoms with Gasteiger partial charge in [0.05, 0.1) is 6.10 Å². The average molecular weight is 401 g/mol. The van der Waals surface area contributed by atoms with Gasteiger partial charge in [-0.15, -0.1) is 0 Å². The van der Waals surface area contributed by atoms with E-state index >= 15 is 0 Å². The number of aliphatic hydroxyl groups excluding tert-OH is 1. The molecule has 0 aliphatic rings. The van der Waals surface area contributed by atoms with Crippen molar-refractivity contribution in [2.75, 3.05) is 0 Å². The zero-order valence-corrected chi connectivity index (χ0v) is 16.2. The fraction of sp³-hybridized carbons (Fsp3) is 0.500. The summed E-state index contributed by atoms with van der Waals surface area (Å²) in [7, 11) is 0. The molecular formula is C18H31N3O7.